The summed E-state index contributed by atoms with van der Waals surface area (Å²) >= 11 is 0. The van der Waals surface area contributed by atoms with E-state index < -0.39 is 5.79 Å². The highest BCUT2D eigenvalue weighted by atomic mass is 16.8. The van der Waals surface area contributed by atoms with Gasteiger partial charge in [0.05, 0.1) is 6.42 Å². The monoisotopic (exact) mass is 200 g/mol. The lowest BCUT2D eigenvalue weighted by atomic mass is 10.1. The molecule has 0 aromatic carbocycles. The molecule has 5 heteroatoms. The average Bonchev–Trinajstić information content (AvgIpc) is 2.58. The third-order valence-corrected chi connectivity index (χ3v) is 2.72. The van der Waals surface area contributed by atoms with Crippen LogP contribution in [0.4, 0.5) is 0 Å². The molecule has 14 heavy (non-hydrogen) atoms. The van der Waals surface area contributed by atoms with Crippen molar-refractivity contribution in [2.24, 2.45) is 0 Å². The first kappa shape index (κ1) is 8.64. The SMILES string of the molecule is CC1(C)O[C@H]2O[C@@H]3CC(=O)O[C@@H]3[C@H]2O1. The summed E-state index contributed by atoms with van der Waals surface area (Å²) < 4.78 is 21.8. The number of carbonyl (C=O) groups is 1. The van der Waals surface area contributed by atoms with Gasteiger partial charge in [-0.3, -0.25) is 4.79 Å². The molecule has 0 aromatic rings. The summed E-state index contributed by atoms with van der Waals surface area (Å²) in [6.45, 7) is 3.64. The number of hydrogen-bond acceptors (Lipinski definition) is 5. The van der Waals surface area contributed by atoms with E-state index in [0.29, 0.717) is 6.42 Å². The maximum absolute atomic E-state index is 11.0. The van der Waals surface area contributed by atoms with E-state index in [2.05, 4.69) is 0 Å². The van der Waals surface area contributed by atoms with Crippen LogP contribution < -0.4 is 0 Å². The van der Waals surface area contributed by atoms with Crippen molar-refractivity contribution in [3.05, 3.63) is 0 Å². The average molecular weight is 200 g/mol. The summed E-state index contributed by atoms with van der Waals surface area (Å²) in [5, 5.41) is 0. The smallest absolute Gasteiger partial charge is 0.309 e. The van der Waals surface area contributed by atoms with E-state index in [9.17, 15) is 4.79 Å². The van der Waals surface area contributed by atoms with E-state index >= 15 is 0 Å². The quantitative estimate of drug-likeness (QED) is 0.522. The molecule has 0 aromatic heterocycles. The van der Waals surface area contributed by atoms with E-state index in [4.69, 9.17) is 18.9 Å². The second-order valence-corrected chi connectivity index (χ2v) is 4.30. The third-order valence-electron chi connectivity index (χ3n) is 2.72. The molecule has 0 bridgehead atoms. The normalized spacial score (nSPS) is 48.9. The summed E-state index contributed by atoms with van der Waals surface area (Å²) in [4.78, 5) is 11.0. The maximum atomic E-state index is 11.0. The van der Waals surface area contributed by atoms with Crippen molar-refractivity contribution >= 4 is 5.97 Å². The number of rotatable bonds is 0. The van der Waals surface area contributed by atoms with Gasteiger partial charge in [-0.2, -0.15) is 0 Å². The zero-order valence-electron chi connectivity index (χ0n) is 8.06. The highest BCUT2D eigenvalue weighted by Gasteiger charge is 2.59. The number of hydrogen-bond donors (Lipinski definition) is 0. The molecule has 0 spiro atoms. The topological polar surface area (TPSA) is 54.0 Å². The van der Waals surface area contributed by atoms with Crippen molar-refractivity contribution in [3.63, 3.8) is 0 Å². The summed E-state index contributed by atoms with van der Waals surface area (Å²) in [6.07, 6.45) is -0.803. The molecule has 3 fully saturated rings. The molecule has 0 amide bonds. The molecule has 5 nitrogen and oxygen atoms in total. The zero-order chi connectivity index (χ0) is 9.92. The fraction of sp³-hybridized carbons (Fsp3) is 0.889. The Morgan fingerprint density at radius 2 is 2.07 bits per heavy atom. The van der Waals surface area contributed by atoms with E-state index in [1.165, 1.54) is 0 Å². The van der Waals surface area contributed by atoms with Gasteiger partial charge in [-0.25, -0.2) is 0 Å². The minimum Gasteiger partial charge on any atom is -0.456 e. The zero-order valence-corrected chi connectivity index (χ0v) is 8.06. The van der Waals surface area contributed by atoms with Gasteiger partial charge in [0.25, 0.3) is 0 Å². The lowest BCUT2D eigenvalue weighted by Gasteiger charge is -2.20. The fourth-order valence-corrected chi connectivity index (χ4v) is 2.22. The summed E-state index contributed by atoms with van der Waals surface area (Å²) in [5.41, 5.74) is 0. The van der Waals surface area contributed by atoms with E-state index in [-0.39, 0.29) is 30.6 Å². The van der Waals surface area contributed by atoms with Gasteiger partial charge in [0, 0.05) is 0 Å². The van der Waals surface area contributed by atoms with Crippen LogP contribution in [-0.4, -0.2) is 36.4 Å². The highest BCUT2D eigenvalue weighted by molar-refractivity contribution is 5.73. The van der Waals surface area contributed by atoms with Gasteiger partial charge >= 0.3 is 5.97 Å². The van der Waals surface area contributed by atoms with Gasteiger partial charge in [0.2, 0.25) is 0 Å². The first-order valence-corrected chi connectivity index (χ1v) is 4.76. The summed E-state index contributed by atoms with van der Waals surface area (Å²) in [7, 11) is 0. The first-order chi connectivity index (χ1) is 6.55. The molecule has 78 valence electrons. The van der Waals surface area contributed by atoms with Gasteiger partial charge in [0.15, 0.2) is 24.3 Å². The van der Waals surface area contributed by atoms with Gasteiger partial charge in [-0.05, 0) is 13.8 Å². The predicted molar refractivity (Wildman–Crippen MR) is 43.2 cm³/mol. The van der Waals surface area contributed by atoms with Gasteiger partial charge in [-0.1, -0.05) is 0 Å². The number of ether oxygens (including phenoxy) is 4. The molecule has 0 saturated carbocycles. The molecule has 0 aliphatic carbocycles. The Morgan fingerprint density at radius 3 is 2.86 bits per heavy atom. The number of esters is 1. The molecule has 3 aliphatic rings. The molecule has 0 unspecified atom stereocenters. The Morgan fingerprint density at radius 1 is 1.29 bits per heavy atom. The van der Waals surface area contributed by atoms with Gasteiger partial charge < -0.3 is 18.9 Å². The molecule has 3 heterocycles. The molecule has 4 atom stereocenters. The van der Waals surface area contributed by atoms with E-state index in [1.807, 2.05) is 13.8 Å². The van der Waals surface area contributed by atoms with Crippen molar-refractivity contribution < 1.29 is 23.7 Å². The van der Waals surface area contributed by atoms with Crippen LogP contribution in [0.2, 0.25) is 0 Å². The largest absolute Gasteiger partial charge is 0.456 e. The lowest BCUT2D eigenvalue weighted by molar-refractivity contribution is -0.209. The van der Waals surface area contributed by atoms with Gasteiger partial charge in [0.1, 0.15) is 6.10 Å². The first-order valence-electron chi connectivity index (χ1n) is 4.76. The number of carbonyl (C=O) groups excluding carboxylic acids is 1. The molecular weight excluding hydrogens is 188 g/mol. The number of fused-ring (bicyclic) bond motifs is 3. The highest BCUT2D eigenvalue weighted by Crippen LogP contribution is 2.41. The van der Waals surface area contributed by atoms with E-state index in [0.717, 1.165) is 0 Å². The summed E-state index contributed by atoms with van der Waals surface area (Å²) in [5.74, 6) is -0.860. The summed E-state index contributed by atoms with van der Waals surface area (Å²) in [6, 6.07) is 0. The van der Waals surface area contributed by atoms with Crippen molar-refractivity contribution in [1.29, 1.82) is 0 Å². The van der Waals surface area contributed by atoms with Crippen LogP contribution >= 0.6 is 0 Å². The second-order valence-electron chi connectivity index (χ2n) is 4.30. The molecule has 0 N–H and O–H groups in total. The van der Waals surface area contributed by atoms with Crippen LogP contribution in [0.5, 0.6) is 0 Å². The van der Waals surface area contributed by atoms with Crippen LogP contribution in [0.1, 0.15) is 20.3 Å². The molecular formula is C9H12O5. The van der Waals surface area contributed by atoms with Crippen LogP contribution in [0.15, 0.2) is 0 Å². The Kier molecular flexibility index (Phi) is 1.53. The molecule has 3 saturated heterocycles. The lowest BCUT2D eigenvalue weighted by Crippen LogP contribution is -2.32. The molecule has 3 aliphatic heterocycles. The van der Waals surface area contributed by atoms with Crippen molar-refractivity contribution in [2.45, 2.75) is 50.7 Å². The standard InChI is InChI=1S/C9H12O5/c1-9(2)13-7-6-4(3-5(10)12-6)11-8(7)14-9/h4,6-8H,3H2,1-2H3/t4-,6+,7-,8-/m1/s1. The van der Waals surface area contributed by atoms with Crippen molar-refractivity contribution in [2.75, 3.05) is 0 Å². The molecule has 3 rings (SSSR count). The van der Waals surface area contributed by atoms with Crippen LogP contribution in [-0.2, 0) is 23.7 Å². The second kappa shape index (κ2) is 2.48. The van der Waals surface area contributed by atoms with Gasteiger partial charge in [-0.15, -0.1) is 0 Å². The van der Waals surface area contributed by atoms with Crippen LogP contribution in [0.3, 0.4) is 0 Å². The van der Waals surface area contributed by atoms with Crippen molar-refractivity contribution in [3.8, 4) is 0 Å². The predicted octanol–water partition coefficient (Wildman–Crippen LogP) is 0.178. The Labute approximate surface area is 81.3 Å². The Bertz CT molecular complexity index is 287. The van der Waals surface area contributed by atoms with Crippen LogP contribution in [0, 0.1) is 0 Å². The third kappa shape index (κ3) is 1.09. The van der Waals surface area contributed by atoms with Crippen molar-refractivity contribution in [1.82, 2.24) is 0 Å². The maximum Gasteiger partial charge on any atom is 0.309 e. The minimum atomic E-state index is -0.644. The Balaban J connectivity index is 1.81. The minimum absolute atomic E-state index is 0.186. The Hall–Kier alpha value is -0.650. The van der Waals surface area contributed by atoms with Crippen LogP contribution in [0.25, 0.3) is 0 Å². The fourth-order valence-electron chi connectivity index (χ4n) is 2.22. The van der Waals surface area contributed by atoms with E-state index in [1.54, 1.807) is 0 Å². The molecule has 0 radical (unpaired) electrons.